The molecule has 4 aromatic rings. The van der Waals surface area contributed by atoms with E-state index in [1.807, 2.05) is 12.1 Å². The third-order valence-electron chi connectivity index (χ3n) is 4.87. The van der Waals surface area contributed by atoms with Crippen LogP contribution >= 0.6 is 0 Å². The summed E-state index contributed by atoms with van der Waals surface area (Å²) in [7, 11) is 3.06. The predicted molar refractivity (Wildman–Crippen MR) is 111 cm³/mol. The maximum Gasteiger partial charge on any atom is 0.258 e. The molecule has 8 heteroatoms. The fourth-order valence-electron chi connectivity index (χ4n) is 3.51. The lowest BCUT2D eigenvalue weighted by Crippen LogP contribution is -2.15. The van der Waals surface area contributed by atoms with Crippen LogP contribution < -0.4 is 14.8 Å². The van der Waals surface area contributed by atoms with Gasteiger partial charge in [-0.1, -0.05) is 18.2 Å². The number of benzene rings is 2. The lowest BCUT2D eigenvalue weighted by atomic mass is 10.1. The van der Waals surface area contributed by atoms with Crippen molar-refractivity contribution in [3.63, 3.8) is 0 Å². The molecular formula is C21H21N5O3. The van der Waals surface area contributed by atoms with Crippen LogP contribution in [0.1, 0.15) is 22.8 Å². The molecule has 148 valence electrons. The highest BCUT2D eigenvalue weighted by molar-refractivity contribution is 6.07. The first-order valence-electron chi connectivity index (χ1n) is 9.23. The van der Waals surface area contributed by atoms with E-state index in [1.54, 1.807) is 25.3 Å². The van der Waals surface area contributed by atoms with E-state index in [2.05, 4.69) is 45.0 Å². The van der Waals surface area contributed by atoms with Gasteiger partial charge in [0.15, 0.2) is 17.1 Å². The number of carbonyl (C=O) groups is 1. The predicted octanol–water partition coefficient (Wildman–Crippen LogP) is 3.58. The number of anilines is 1. The van der Waals surface area contributed by atoms with Gasteiger partial charge in [0.05, 0.1) is 19.7 Å². The van der Waals surface area contributed by atoms with Gasteiger partial charge in [-0.3, -0.25) is 10.1 Å². The molecule has 1 amide bonds. The molecule has 0 saturated carbocycles. The summed E-state index contributed by atoms with van der Waals surface area (Å²) in [5.41, 5.74) is 4.03. The van der Waals surface area contributed by atoms with Gasteiger partial charge in [0.2, 0.25) is 0 Å². The zero-order chi connectivity index (χ0) is 20.5. The Hall–Kier alpha value is -3.68. The number of nitrogens with zero attached hydrogens (tertiary/aromatic N) is 4. The van der Waals surface area contributed by atoms with E-state index < -0.39 is 0 Å². The summed E-state index contributed by atoms with van der Waals surface area (Å²) >= 11 is 0. The zero-order valence-corrected chi connectivity index (χ0v) is 16.7. The number of hydrogen-bond acceptors (Lipinski definition) is 6. The van der Waals surface area contributed by atoms with E-state index in [4.69, 9.17) is 9.47 Å². The number of aromatic nitrogens is 4. The maximum atomic E-state index is 12.7. The first-order chi connectivity index (χ1) is 14.1. The largest absolute Gasteiger partial charge is 0.493 e. The molecule has 2 aromatic heterocycles. The molecule has 0 unspecified atom stereocenters. The van der Waals surface area contributed by atoms with Crippen molar-refractivity contribution in [3.05, 3.63) is 47.5 Å². The van der Waals surface area contributed by atoms with E-state index in [0.29, 0.717) is 22.7 Å². The second-order valence-corrected chi connectivity index (χ2v) is 6.55. The Morgan fingerprint density at radius 3 is 2.62 bits per heavy atom. The summed E-state index contributed by atoms with van der Waals surface area (Å²) in [6.07, 6.45) is 0. The smallest absolute Gasteiger partial charge is 0.258 e. The monoisotopic (exact) mass is 391 g/mol. The van der Waals surface area contributed by atoms with Crippen LogP contribution in [0.4, 0.5) is 5.95 Å². The molecule has 2 aromatic carbocycles. The molecular weight excluding hydrogens is 370 g/mol. The van der Waals surface area contributed by atoms with E-state index >= 15 is 0 Å². The van der Waals surface area contributed by atoms with Gasteiger partial charge >= 0.3 is 0 Å². The van der Waals surface area contributed by atoms with Crippen LogP contribution in [0, 0.1) is 6.92 Å². The van der Waals surface area contributed by atoms with Crippen LogP contribution in [-0.4, -0.2) is 39.9 Å². The Morgan fingerprint density at radius 2 is 1.90 bits per heavy atom. The SMILES string of the molecule is CCn1c2nc(NC(=O)c3ccc(OC)c(OC)c3)nnc2c2cccc(C)c21. The Balaban J connectivity index is 1.73. The van der Waals surface area contributed by atoms with Crippen molar-refractivity contribution in [1.29, 1.82) is 0 Å². The second-order valence-electron chi connectivity index (χ2n) is 6.55. The van der Waals surface area contributed by atoms with Crippen LogP contribution in [0.15, 0.2) is 36.4 Å². The third-order valence-corrected chi connectivity index (χ3v) is 4.87. The fraction of sp³-hybridized carbons (Fsp3) is 0.238. The molecule has 8 nitrogen and oxygen atoms in total. The highest BCUT2D eigenvalue weighted by Crippen LogP contribution is 2.29. The van der Waals surface area contributed by atoms with E-state index in [1.165, 1.54) is 7.11 Å². The molecule has 0 bridgehead atoms. The second kappa shape index (κ2) is 7.38. The Bertz CT molecular complexity index is 1230. The number of fused-ring (bicyclic) bond motifs is 3. The molecule has 1 N–H and O–H groups in total. The van der Waals surface area contributed by atoms with Crippen molar-refractivity contribution >= 4 is 33.9 Å². The number of nitrogens with one attached hydrogen (secondary N) is 1. The van der Waals surface area contributed by atoms with Gasteiger partial charge < -0.3 is 14.0 Å². The first-order valence-corrected chi connectivity index (χ1v) is 9.23. The van der Waals surface area contributed by atoms with Crippen molar-refractivity contribution < 1.29 is 14.3 Å². The summed E-state index contributed by atoms with van der Waals surface area (Å²) in [5.74, 6) is 0.803. The third kappa shape index (κ3) is 3.12. The highest BCUT2D eigenvalue weighted by Gasteiger charge is 2.17. The van der Waals surface area contributed by atoms with E-state index in [0.717, 1.165) is 28.5 Å². The first kappa shape index (κ1) is 18.7. The summed E-state index contributed by atoms with van der Waals surface area (Å²) in [6.45, 7) is 4.84. The summed E-state index contributed by atoms with van der Waals surface area (Å²) < 4.78 is 12.5. The average Bonchev–Trinajstić information content (AvgIpc) is 3.07. The van der Waals surface area contributed by atoms with Crippen LogP contribution in [0.25, 0.3) is 22.1 Å². The molecule has 29 heavy (non-hydrogen) atoms. The minimum Gasteiger partial charge on any atom is -0.493 e. The van der Waals surface area contributed by atoms with Gasteiger partial charge in [0, 0.05) is 17.5 Å². The van der Waals surface area contributed by atoms with Gasteiger partial charge in [-0.15, -0.1) is 10.2 Å². The Labute approximate surface area is 167 Å². The summed E-state index contributed by atoms with van der Waals surface area (Å²) in [4.78, 5) is 17.2. The number of amides is 1. The molecule has 0 saturated heterocycles. The van der Waals surface area contributed by atoms with Crippen molar-refractivity contribution in [2.24, 2.45) is 0 Å². The van der Waals surface area contributed by atoms with Crippen molar-refractivity contribution in [3.8, 4) is 11.5 Å². The lowest BCUT2D eigenvalue weighted by molar-refractivity contribution is 0.102. The molecule has 0 atom stereocenters. The zero-order valence-electron chi connectivity index (χ0n) is 16.7. The molecule has 0 radical (unpaired) electrons. The minimum absolute atomic E-state index is 0.146. The molecule has 4 rings (SSSR count). The fourth-order valence-corrected chi connectivity index (χ4v) is 3.51. The number of hydrogen-bond donors (Lipinski definition) is 1. The Kier molecular flexibility index (Phi) is 4.75. The van der Waals surface area contributed by atoms with Gasteiger partial charge in [0.1, 0.15) is 5.52 Å². The number of rotatable bonds is 5. The van der Waals surface area contributed by atoms with Crippen molar-refractivity contribution in [2.45, 2.75) is 20.4 Å². The van der Waals surface area contributed by atoms with Crippen LogP contribution in [0.5, 0.6) is 11.5 Å². The van der Waals surface area contributed by atoms with Crippen molar-refractivity contribution in [2.75, 3.05) is 19.5 Å². The number of ether oxygens (including phenoxy) is 2. The van der Waals surface area contributed by atoms with Crippen LogP contribution in [0.2, 0.25) is 0 Å². The normalized spacial score (nSPS) is 11.0. The molecule has 0 aliphatic carbocycles. The number of para-hydroxylation sites is 1. The molecule has 0 spiro atoms. The molecule has 0 fully saturated rings. The van der Waals surface area contributed by atoms with Crippen LogP contribution in [-0.2, 0) is 6.54 Å². The molecule has 0 aliphatic heterocycles. The van der Waals surface area contributed by atoms with Gasteiger partial charge in [0.25, 0.3) is 11.9 Å². The lowest BCUT2D eigenvalue weighted by Gasteiger charge is -2.09. The van der Waals surface area contributed by atoms with Crippen molar-refractivity contribution in [1.82, 2.24) is 19.7 Å². The number of methoxy groups -OCH3 is 2. The average molecular weight is 391 g/mol. The van der Waals surface area contributed by atoms with Gasteiger partial charge in [-0.05, 0) is 37.6 Å². The van der Waals surface area contributed by atoms with E-state index in [-0.39, 0.29) is 11.9 Å². The molecule has 0 aliphatic rings. The quantitative estimate of drug-likeness (QED) is 0.559. The van der Waals surface area contributed by atoms with Crippen LogP contribution in [0.3, 0.4) is 0 Å². The highest BCUT2D eigenvalue weighted by atomic mass is 16.5. The minimum atomic E-state index is -0.359. The topological polar surface area (TPSA) is 91.2 Å². The number of carbonyl (C=O) groups excluding carboxylic acids is 1. The van der Waals surface area contributed by atoms with Gasteiger partial charge in [-0.25, -0.2) is 0 Å². The molecule has 2 heterocycles. The summed E-state index contributed by atoms with van der Waals surface area (Å²) in [6, 6.07) is 11.0. The maximum absolute atomic E-state index is 12.7. The number of aryl methyl sites for hydroxylation is 2. The Morgan fingerprint density at radius 1 is 1.10 bits per heavy atom. The summed E-state index contributed by atoms with van der Waals surface area (Å²) in [5, 5.41) is 12.2. The van der Waals surface area contributed by atoms with Gasteiger partial charge in [-0.2, -0.15) is 4.98 Å². The van der Waals surface area contributed by atoms with E-state index in [9.17, 15) is 4.79 Å². The standard InChI is InChI=1S/C21H21N5O3/c1-5-26-18-12(2)7-6-8-14(18)17-19(26)22-21(25-24-17)23-20(27)13-9-10-15(28-3)16(11-13)29-4/h6-11H,5H2,1-4H3,(H,22,23,25,27).